The Morgan fingerprint density at radius 3 is 2.76 bits per heavy atom. The van der Waals surface area contributed by atoms with Crippen molar-refractivity contribution in [3.8, 4) is 11.5 Å². The van der Waals surface area contributed by atoms with Crippen LogP contribution in [0.2, 0.25) is 0 Å². The fraction of sp³-hybridized carbons (Fsp3) is 0.667. The number of piperidine rings is 1. The number of rotatable bonds is 4. The molecule has 3 fully saturated rings. The second-order valence-corrected chi connectivity index (χ2v) is 7.24. The van der Waals surface area contributed by atoms with Crippen molar-refractivity contribution in [3.63, 3.8) is 0 Å². The van der Waals surface area contributed by atoms with Crippen molar-refractivity contribution in [3.05, 3.63) is 23.8 Å². The van der Waals surface area contributed by atoms with E-state index in [-0.39, 0.29) is 23.4 Å². The normalized spacial score (nSPS) is 29.8. The molecule has 0 aromatic heterocycles. The van der Waals surface area contributed by atoms with Crippen molar-refractivity contribution in [2.75, 3.05) is 19.7 Å². The van der Waals surface area contributed by atoms with Crippen LogP contribution in [0.1, 0.15) is 43.6 Å². The molecular weight excluding hydrogens is 335 g/mol. The maximum atomic E-state index is 12.6. The van der Waals surface area contributed by atoms with Gasteiger partial charge in [-0.25, -0.2) is 0 Å². The second kappa shape index (κ2) is 6.36. The predicted octanol–water partition coefficient (Wildman–Crippen LogP) is 3.75. The molecule has 1 aliphatic carbocycles. The molecule has 3 aliphatic rings. The summed E-state index contributed by atoms with van der Waals surface area (Å²) in [6.07, 6.45) is 0.294. The van der Waals surface area contributed by atoms with Crippen LogP contribution in [0.4, 0.5) is 13.2 Å². The van der Waals surface area contributed by atoms with E-state index in [1.54, 1.807) is 6.07 Å². The summed E-state index contributed by atoms with van der Waals surface area (Å²) in [5.74, 6) is 0.477. The third kappa shape index (κ3) is 4.03. The van der Waals surface area contributed by atoms with Gasteiger partial charge in [0.05, 0.1) is 18.3 Å². The monoisotopic (exact) mass is 357 g/mol. The molecule has 4 rings (SSSR count). The minimum absolute atomic E-state index is 0.0189. The number of nitrogens with one attached hydrogen (secondary N) is 1. The average Bonchev–Trinajstić information content (AvgIpc) is 3.29. The average molecular weight is 357 g/mol. The summed E-state index contributed by atoms with van der Waals surface area (Å²) < 4.78 is 53.8. The zero-order chi connectivity index (χ0) is 17.5. The Kier molecular flexibility index (Phi) is 4.32. The molecule has 2 unspecified atom stereocenters. The summed E-state index contributed by atoms with van der Waals surface area (Å²) in [5.41, 5.74) is 0.553. The Labute approximate surface area is 144 Å². The highest BCUT2D eigenvalue weighted by atomic mass is 19.4. The Morgan fingerprint density at radius 1 is 1.24 bits per heavy atom. The van der Waals surface area contributed by atoms with Crippen LogP contribution in [0, 0.1) is 0 Å². The summed E-state index contributed by atoms with van der Waals surface area (Å²) in [4.78, 5) is 0. The van der Waals surface area contributed by atoms with Crippen LogP contribution in [0.3, 0.4) is 0 Å². The fourth-order valence-corrected chi connectivity index (χ4v) is 3.80. The van der Waals surface area contributed by atoms with Crippen LogP contribution >= 0.6 is 0 Å². The van der Waals surface area contributed by atoms with E-state index in [1.807, 2.05) is 0 Å². The van der Waals surface area contributed by atoms with Crippen LogP contribution in [-0.4, -0.2) is 37.8 Å². The number of alkyl halides is 3. The van der Waals surface area contributed by atoms with Gasteiger partial charge in [-0.1, -0.05) is 0 Å². The molecule has 1 aromatic rings. The number of halogens is 3. The van der Waals surface area contributed by atoms with E-state index in [9.17, 15) is 13.2 Å². The van der Waals surface area contributed by atoms with Gasteiger partial charge in [0.2, 0.25) is 0 Å². The van der Waals surface area contributed by atoms with Crippen molar-refractivity contribution in [2.24, 2.45) is 0 Å². The van der Waals surface area contributed by atoms with Gasteiger partial charge in [-0.2, -0.15) is 0 Å². The largest absolute Gasteiger partial charge is 0.573 e. The quantitative estimate of drug-likeness (QED) is 0.891. The number of benzene rings is 1. The van der Waals surface area contributed by atoms with Crippen LogP contribution in [-0.2, 0) is 4.74 Å². The molecule has 0 amide bonds. The SMILES string of the molecule is FC(F)(F)Oc1ccc(OC2CC2)c(C2COC3(CCCNC3)C2)c1. The summed E-state index contributed by atoms with van der Waals surface area (Å²) in [6, 6.07) is 4.38. The van der Waals surface area contributed by atoms with E-state index in [1.165, 1.54) is 12.1 Å². The van der Waals surface area contributed by atoms with E-state index >= 15 is 0 Å². The molecule has 2 heterocycles. The van der Waals surface area contributed by atoms with Crippen molar-refractivity contribution in [1.29, 1.82) is 0 Å². The maximum absolute atomic E-state index is 12.6. The molecule has 4 nitrogen and oxygen atoms in total. The molecule has 0 bridgehead atoms. The molecule has 1 N–H and O–H groups in total. The highest BCUT2D eigenvalue weighted by Crippen LogP contribution is 2.45. The molecule has 1 saturated carbocycles. The van der Waals surface area contributed by atoms with E-state index < -0.39 is 6.36 Å². The Hall–Kier alpha value is -1.47. The van der Waals surface area contributed by atoms with Crippen LogP contribution < -0.4 is 14.8 Å². The van der Waals surface area contributed by atoms with E-state index in [0.29, 0.717) is 12.4 Å². The highest BCUT2D eigenvalue weighted by Gasteiger charge is 2.43. The first-order chi connectivity index (χ1) is 11.9. The van der Waals surface area contributed by atoms with Gasteiger partial charge in [-0.15, -0.1) is 13.2 Å². The zero-order valence-electron chi connectivity index (χ0n) is 13.9. The van der Waals surface area contributed by atoms with Crippen molar-refractivity contribution >= 4 is 0 Å². The van der Waals surface area contributed by atoms with E-state index in [4.69, 9.17) is 9.47 Å². The minimum atomic E-state index is -4.70. The summed E-state index contributed by atoms with van der Waals surface area (Å²) in [5, 5.41) is 3.36. The number of hydrogen-bond acceptors (Lipinski definition) is 4. The van der Waals surface area contributed by atoms with Gasteiger partial charge in [0, 0.05) is 18.0 Å². The molecule has 0 radical (unpaired) electrons. The van der Waals surface area contributed by atoms with Crippen LogP contribution in [0.25, 0.3) is 0 Å². The molecular formula is C18H22F3NO3. The highest BCUT2D eigenvalue weighted by molar-refractivity contribution is 5.43. The first-order valence-electron chi connectivity index (χ1n) is 8.84. The van der Waals surface area contributed by atoms with E-state index in [2.05, 4.69) is 10.1 Å². The third-order valence-corrected chi connectivity index (χ3v) is 5.11. The molecule has 2 saturated heterocycles. The van der Waals surface area contributed by atoms with Gasteiger partial charge in [-0.3, -0.25) is 0 Å². The van der Waals surface area contributed by atoms with Gasteiger partial charge >= 0.3 is 6.36 Å². The van der Waals surface area contributed by atoms with Gasteiger partial charge in [-0.05, 0) is 56.8 Å². The van der Waals surface area contributed by atoms with Gasteiger partial charge in [0.15, 0.2) is 0 Å². The van der Waals surface area contributed by atoms with Gasteiger partial charge < -0.3 is 19.5 Å². The zero-order valence-corrected chi connectivity index (χ0v) is 13.9. The molecule has 2 aliphatic heterocycles. The Balaban J connectivity index is 1.58. The molecule has 1 spiro atoms. The van der Waals surface area contributed by atoms with Crippen LogP contribution in [0.5, 0.6) is 11.5 Å². The summed E-state index contributed by atoms with van der Waals surface area (Å²) in [6.45, 7) is 2.28. The van der Waals surface area contributed by atoms with Gasteiger partial charge in [0.25, 0.3) is 0 Å². The summed E-state index contributed by atoms with van der Waals surface area (Å²) >= 11 is 0. The lowest BCUT2D eigenvalue weighted by atomic mass is 9.84. The van der Waals surface area contributed by atoms with E-state index in [0.717, 1.165) is 50.8 Å². The Morgan fingerprint density at radius 2 is 2.08 bits per heavy atom. The van der Waals surface area contributed by atoms with Crippen LogP contribution in [0.15, 0.2) is 18.2 Å². The summed E-state index contributed by atoms with van der Waals surface area (Å²) in [7, 11) is 0. The molecule has 1 aromatic carbocycles. The van der Waals surface area contributed by atoms with Crippen molar-refractivity contribution < 1.29 is 27.4 Å². The third-order valence-electron chi connectivity index (χ3n) is 5.11. The first kappa shape index (κ1) is 17.0. The maximum Gasteiger partial charge on any atom is 0.573 e. The predicted molar refractivity (Wildman–Crippen MR) is 84.9 cm³/mol. The van der Waals surface area contributed by atoms with Gasteiger partial charge in [0.1, 0.15) is 11.5 Å². The second-order valence-electron chi connectivity index (χ2n) is 7.24. The smallest absolute Gasteiger partial charge is 0.490 e. The first-order valence-corrected chi connectivity index (χ1v) is 8.84. The molecule has 2 atom stereocenters. The number of ether oxygens (including phenoxy) is 3. The lowest BCUT2D eigenvalue weighted by Crippen LogP contribution is -2.45. The lowest BCUT2D eigenvalue weighted by Gasteiger charge is -2.33. The van der Waals surface area contributed by atoms with Crippen molar-refractivity contribution in [2.45, 2.75) is 56.1 Å². The Bertz CT molecular complexity index is 624. The topological polar surface area (TPSA) is 39.7 Å². The van der Waals surface area contributed by atoms with Crippen molar-refractivity contribution in [1.82, 2.24) is 5.32 Å². The molecule has 138 valence electrons. The molecule has 25 heavy (non-hydrogen) atoms. The fourth-order valence-electron chi connectivity index (χ4n) is 3.80. The standard InChI is InChI=1S/C18H22F3NO3/c19-18(20,21)25-14-4-5-16(24-13-2-3-13)15(8-14)12-9-17(23-10-12)6-1-7-22-11-17/h4-5,8,12-13,22H,1-3,6-7,9-11H2. The lowest BCUT2D eigenvalue weighted by molar-refractivity contribution is -0.274. The molecule has 7 heteroatoms. The minimum Gasteiger partial charge on any atom is -0.490 e. The number of hydrogen-bond donors (Lipinski definition) is 1.